The predicted octanol–water partition coefficient (Wildman–Crippen LogP) is -1.46. The summed E-state index contributed by atoms with van der Waals surface area (Å²) >= 11 is 0. The molecule has 0 aliphatic heterocycles. The lowest BCUT2D eigenvalue weighted by atomic mass is 10.3. The van der Waals surface area contributed by atoms with Crippen LogP contribution in [0.25, 0.3) is 0 Å². The Bertz CT molecular complexity index is 297. The molecule has 0 rings (SSSR count). The molecule has 0 aromatic rings. The summed E-state index contributed by atoms with van der Waals surface area (Å²) in [6.45, 7) is 1.03. The van der Waals surface area contributed by atoms with Crippen molar-refractivity contribution in [1.82, 2.24) is 10.6 Å². The molecule has 0 fully saturated rings. The van der Waals surface area contributed by atoms with Crippen molar-refractivity contribution in [2.45, 2.75) is 12.8 Å². The lowest BCUT2D eigenvalue weighted by molar-refractivity contribution is 0.752. The van der Waals surface area contributed by atoms with Gasteiger partial charge < -0.3 is 11.5 Å². The number of hydrogen-bond donors (Lipinski definition) is 4. The summed E-state index contributed by atoms with van der Waals surface area (Å²) in [5.74, 6) is 0.216. The summed E-state index contributed by atoms with van der Waals surface area (Å²) in [6.07, 6.45) is 4.88. The molecule has 0 saturated heterocycles. The minimum Gasteiger partial charge on any atom is -0.369 e. The monoisotopic (exact) mass is 222 g/mol. The number of hydrogen-bond acceptors (Lipinski definition) is 4. The highest BCUT2D eigenvalue weighted by Gasteiger charge is 1.90. The second kappa shape index (κ2) is 9.09. The van der Waals surface area contributed by atoms with Gasteiger partial charge >= 0.3 is 0 Å². The van der Waals surface area contributed by atoms with Crippen LogP contribution in [0.4, 0.5) is 0 Å². The highest BCUT2D eigenvalue weighted by Crippen LogP contribution is 1.90. The summed E-state index contributed by atoms with van der Waals surface area (Å²) in [5, 5.41) is 20.8. The third-order valence-corrected chi connectivity index (χ3v) is 1.50. The van der Waals surface area contributed by atoms with Crippen molar-refractivity contribution in [2.75, 3.05) is 13.1 Å². The van der Waals surface area contributed by atoms with E-state index in [2.05, 4.69) is 20.6 Å². The lowest BCUT2D eigenvalue weighted by Gasteiger charge is -1.98. The van der Waals surface area contributed by atoms with Crippen LogP contribution in [0.2, 0.25) is 0 Å². The van der Waals surface area contributed by atoms with Crippen molar-refractivity contribution in [2.24, 2.45) is 21.5 Å². The number of rotatable bonds is 5. The normalized spacial score (nSPS) is 11.4. The van der Waals surface area contributed by atoms with Gasteiger partial charge in [0, 0.05) is 13.1 Å². The van der Waals surface area contributed by atoms with E-state index >= 15 is 0 Å². The summed E-state index contributed by atoms with van der Waals surface area (Å²) in [7, 11) is 0. The standard InChI is InChI=1S/C8H14N8/c9-5-15-7(11)13-3-1-2-4-14-8(12)16-6-10/h1-4H2,(H3,11,13,15)(H3,12,14,16). The summed E-state index contributed by atoms with van der Waals surface area (Å²) in [4.78, 5) is 7.76. The van der Waals surface area contributed by atoms with E-state index in [1.54, 1.807) is 12.4 Å². The number of nitriles is 2. The highest BCUT2D eigenvalue weighted by atomic mass is 15.1. The van der Waals surface area contributed by atoms with Crippen LogP contribution in [0, 0.1) is 22.9 Å². The van der Waals surface area contributed by atoms with Crippen LogP contribution in [-0.2, 0) is 0 Å². The molecule has 8 heteroatoms. The number of aliphatic imine (C=N–C) groups is 2. The molecule has 0 aliphatic carbocycles. The van der Waals surface area contributed by atoms with Crippen molar-refractivity contribution in [3.05, 3.63) is 0 Å². The van der Waals surface area contributed by atoms with Gasteiger partial charge in [-0.05, 0) is 12.8 Å². The Labute approximate surface area is 93.6 Å². The first-order chi connectivity index (χ1) is 7.70. The first-order valence-corrected chi connectivity index (χ1v) is 4.60. The average molecular weight is 222 g/mol. The molecule has 8 nitrogen and oxygen atoms in total. The van der Waals surface area contributed by atoms with E-state index in [-0.39, 0.29) is 11.9 Å². The number of guanidine groups is 2. The Morgan fingerprint density at radius 1 is 0.938 bits per heavy atom. The van der Waals surface area contributed by atoms with E-state index in [1.165, 1.54) is 0 Å². The zero-order chi connectivity index (χ0) is 12.2. The SMILES string of the molecule is N#CNC(N)=NCCCCN=C(N)NC#N. The summed E-state index contributed by atoms with van der Waals surface area (Å²) in [6, 6.07) is 0. The van der Waals surface area contributed by atoms with E-state index in [9.17, 15) is 0 Å². The van der Waals surface area contributed by atoms with Crippen LogP contribution < -0.4 is 22.1 Å². The Balaban J connectivity index is 3.56. The van der Waals surface area contributed by atoms with Gasteiger partial charge in [0.2, 0.25) is 11.9 Å². The van der Waals surface area contributed by atoms with Gasteiger partial charge in [0.15, 0.2) is 12.4 Å². The van der Waals surface area contributed by atoms with Gasteiger partial charge in [0.25, 0.3) is 0 Å². The van der Waals surface area contributed by atoms with Crippen LogP contribution >= 0.6 is 0 Å². The van der Waals surface area contributed by atoms with Crippen molar-refractivity contribution in [1.29, 1.82) is 10.5 Å². The molecule has 0 atom stereocenters. The minimum absolute atomic E-state index is 0.108. The number of unbranched alkanes of at least 4 members (excludes halogenated alkanes) is 1. The largest absolute Gasteiger partial charge is 0.369 e. The number of nitrogens with one attached hydrogen (secondary N) is 2. The second-order valence-corrected chi connectivity index (χ2v) is 2.71. The average Bonchev–Trinajstić information content (AvgIpc) is 2.24. The van der Waals surface area contributed by atoms with Crippen LogP contribution in [-0.4, -0.2) is 25.0 Å². The number of nitrogens with zero attached hydrogens (tertiary/aromatic N) is 4. The molecular weight excluding hydrogens is 208 g/mol. The molecule has 0 bridgehead atoms. The molecule has 0 aromatic carbocycles. The van der Waals surface area contributed by atoms with Gasteiger partial charge in [-0.3, -0.25) is 20.6 Å². The van der Waals surface area contributed by atoms with Gasteiger partial charge in [-0.1, -0.05) is 0 Å². The molecule has 86 valence electrons. The molecule has 0 heterocycles. The fourth-order valence-corrected chi connectivity index (χ4v) is 0.816. The van der Waals surface area contributed by atoms with Crippen LogP contribution in [0.3, 0.4) is 0 Å². The van der Waals surface area contributed by atoms with E-state index < -0.39 is 0 Å². The zero-order valence-corrected chi connectivity index (χ0v) is 8.77. The predicted molar refractivity (Wildman–Crippen MR) is 59.7 cm³/mol. The van der Waals surface area contributed by atoms with Gasteiger partial charge in [-0.2, -0.15) is 10.5 Å². The lowest BCUT2D eigenvalue weighted by Crippen LogP contribution is -2.27. The Morgan fingerprint density at radius 3 is 1.62 bits per heavy atom. The van der Waals surface area contributed by atoms with Crippen LogP contribution in [0.5, 0.6) is 0 Å². The van der Waals surface area contributed by atoms with E-state index in [0.717, 1.165) is 12.8 Å². The molecule has 0 amide bonds. The maximum Gasteiger partial charge on any atom is 0.202 e. The van der Waals surface area contributed by atoms with Crippen molar-refractivity contribution < 1.29 is 0 Å². The molecule has 6 N–H and O–H groups in total. The molecule has 0 unspecified atom stereocenters. The quantitative estimate of drug-likeness (QED) is 0.147. The topological polar surface area (TPSA) is 148 Å². The first-order valence-electron chi connectivity index (χ1n) is 4.60. The van der Waals surface area contributed by atoms with Gasteiger partial charge in [0.05, 0.1) is 0 Å². The highest BCUT2D eigenvalue weighted by molar-refractivity contribution is 5.79. The fourth-order valence-electron chi connectivity index (χ4n) is 0.816. The van der Waals surface area contributed by atoms with Gasteiger partial charge in [0.1, 0.15) is 0 Å². The van der Waals surface area contributed by atoms with Gasteiger partial charge in [-0.25, -0.2) is 0 Å². The first kappa shape index (κ1) is 13.5. The molecule has 0 aliphatic rings. The van der Waals surface area contributed by atoms with Crippen molar-refractivity contribution in [3.8, 4) is 12.4 Å². The fraction of sp³-hybridized carbons (Fsp3) is 0.500. The molecule has 0 aromatic heterocycles. The molecule has 0 spiro atoms. The van der Waals surface area contributed by atoms with Crippen LogP contribution in [0.15, 0.2) is 9.98 Å². The minimum atomic E-state index is 0.108. The third-order valence-electron chi connectivity index (χ3n) is 1.50. The van der Waals surface area contributed by atoms with Crippen molar-refractivity contribution >= 4 is 11.9 Å². The van der Waals surface area contributed by atoms with Crippen molar-refractivity contribution in [3.63, 3.8) is 0 Å². The zero-order valence-electron chi connectivity index (χ0n) is 8.77. The molecule has 16 heavy (non-hydrogen) atoms. The Kier molecular flexibility index (Phi) is 7.68. The third kappa shape index (κ3) is 8.13. The van der Waals surface area contributed by atoms with Crippen LogP contribution in [0.1, 0.15) is 12.8 Å². The number of nitrogens with two attached hydrogens (primary N) is 2. The Morgan fingerprint density at radius 2 is 1.31 bits per heavy atom. The molecular formula is C8H14N8. The van der Waals surface area contributed by atoms with E-state index in [1.807, 2.05) is 0 Å². The molecule has 0 radical (unpaired) electrons. The smallest absolute Gasteiger partial charge is 0.202 e. The molecule has 0 saturated carbocycles. The summed E-state index contributed by atoms with van der Waals surface area (Å²) < 4.78 is 0. The van der Waals surface area contributed by atoms with Gasteiger partial charge in [-0.15, -0.1) is 0 Å². The Hall–Kier alpha value is -2.48. The maximum atomic E-state index is 8.20. The summed E-state index contributed by atoms with van der Waals surface area (Å²) in [5.41, 5.74) is 10.6. The van der Waals surface area contributed by atoms with E-state index in [4.69, 9.17) is 22.0 Å². The van der Waals surface area contributed by atoms with E-state index in [0.29, 0.717) is 13.1 Å². The maximum absolute atomic E-state index is 8.20. The second-order valence-electron chi connectivity index (χ2n) is 2.71.